The molecular formula is C15H15ClN2O2. The van der Waals surface area contributed by atoms with Gasteiger partial charge in [-0.15, -0.1) is 0 Å². The van der Waals surface area contributed by atoms with Gasteiger partial charge in [0.1, 0.15) is 0 Å². The summed E-state index contributed by atoms with van der Waals surface area (Å²) in [6.45, 7) is 4.01. The number of nitrogens with zero attached hydrogens (tertiary/aromatic N) is 1. The molecule has 0 aliphatic carbocycles. The maximum absolute atomic E-state index is 10.8. The third-order valence-electron chi connectivity index (χ3n) is 3.07. The molecule has 1 unspecified atom stereocenters. The van der Waals surface area contributed by atoms with Crippen molar-refractivity contribution in [3.63, 3.8) is 0 Å². The average molecular weight is 291 g/mol. The first-order chi connectivity index (χ1) is 9.47. The summed E-state index contributed by atoms with van der Waals surface area (Å²) in [6.07, 6.45) is 0. The SMILES string of the molecule is Cc1cccc(C(C)Nc2cc([N+](=O)[O-])ccc2Cl)c1. The molecule has 0 radical (unpaired) electrons. The zero-order chi connectivity index (χ0) is 14.7. The highest BCUT2D eigenvalue weighted by molar-refractivity contribution is 6.33. The van der Waals surface area contributed by atoms with E-state index in [1.807, 2.05) is 32.0 Å². The van der Waals surface area contributed by atoms with Crippen molar-refractivity contribution in [1.29, 1.82) is 0 Å². The molecule has 0 aliphatic rings. The van der Waals surface area contributed by atoms with E-state index in [1.54, 1.807) is 0 Å². The van der Waals surface area contributed by atoms with Crippen LogP contribution in [0.3, 0.4) is 0 Å². The zero-order valence-corrected chi connectivity index (χ0v) is 12.0. The van der Waals surface area contributed by atoms with Crippen molar-refractivity contribution in [3.05, 3.63) is 68.7 Å². The van der Waals surface area contributed by atoms with Gasteiger partial charge in [0.2, 0.25) is 0 Å². The van der Waals surface area contributed by atoms with Gasteiger partial charge in [0.25, 0.3) is 5.69 Å². The second-order valence-electron chi connectivity index (χ2n) is 4.70. The minimum atomic E-state index is -0.432. The van der Waals surface area contributed by atoms with Gasteiger partial charge in [0.05, 0.1) is 15.6 Å². The molecule has 2 aromatic rings. The van der Waals surface area contributed by atoms with Crippen molar-refractivity contribution in [2.24, 2.45) is 0 Å². The van der Waals surface area contributed by atoms with Crippen molar-refractivity contribution in [2.45, 2.75) is 19.9 Å². The first-order valence-electron chi connectivity index (χ1n) is 6.24. The second-order valence-corrected chi connectivity index (χ2v) is 5.11. The second kappa shape index (κ2) is 5.92. The van der Waals surface area contributed by atoms with Crippen LogP contribution in [0.25, 0.3) is 0 Å². The Kier molecular flexibility index (Phi) is 4.25. The molecule has 2 rings (SSSR count). The van der Waals surface area contributed by atoms with E-state index in [0.29, 0.717) is 10.7 Å². The third-order valence-corrected chi connectivity index (χ3v) is 3.40. The van der Waals surface area contributed by atoms with E-state index in [0.717, 1.165) is 5.56 Å². The lowest BCUT2D eigenvalue weighted by Crippen LogP contribution is -2.07. The first-order valence-corrected chi connectivity index (χ1v) is 6.62. The largest absolute Gasteiger partial charge is 0.377 e. The van der Waals surface area contributed by atoms with Gasteiger partial charge in [-0.05, 0) is 25.5 Å². The van der Waals surface area contributed by atoms with Crippen LogP contribution in [-0.4, -0.2) is 4.92 Å². The maximum Gasteiger partial charge on any atom is 0.271 e. The van der Waals surface area contributed by atoms with E-state index >= 15 is 0 Å². The predicted octanol–water partition coefficient (Wildman–Crippen LogP) is 4.73. The van der Waals surface area contributed by atoms with E-state index in [9.17, 15) is 10.1 Å². The summed E-state index contributed by atoms with van der Waals surface area (Å²) < 4.78 is 0. The normalized spacial score (nSPS) is 11.9. The van der Waals surface area contributed by atoms with Gasteiger partial charge in [-0.3, -0.25) is 10.1 Å². The summed E-state index contributed by atoms with van der Waals surface area (Å²) in [5.74, 6) is 0. The molecule has 0 saturated carbocycles. The van der Waals surface area contributed by atoms with Gasteiger partial charge in [0, 0.05) is 18.2 Å². The third kappa shape index (κ3) is 3.27. The number of nitrogens with one attached hydrogen (secondary N) is 1. The van der Waals surface area contributed by atoms with Gasteiger partial charge in [-0.1, -0.05) is 41.4 Å². The highest BCUT2D eigenvalue weighted by atomic mass is 35.5. The molecule has 5 heteroatoms. The van der Waals surface area contributed by atoms with E-state index in [-0.39, 0.29) is 11.7 Å². The molecule has 2 aromatic carbocycles. The molecule has 1 N–H and O–H groups in total. The van der Waals surface area contributed by atoms with Gasteiger partial charge in [0.15, 0.2) is 0 Å². The van der Waals surface area contributed by atoms with Crippen molar-refractivity contribution in [2.75, 3.05) is 5.32 Å². The molecular weight excluding hydrogens is 276 g/mol. The molecule has 0 aromatic heterocycles. The van der Waals surface area contributed by atoms with Crippen LogP contribution in [-0.2, 0) is 0 Å². The smallest absolute Gasteiger partial charge is 0.271 e. The fourth-order valence-corrected chi connectivity index (χ4v) is 2.17. The number of benzene rings is 2. The monoisotopic (exact) mass is 290 g/mol. The summed E-state index contributed by atoms with van der Waals surface area (Å²) in [4.78, 5) is 10.4. The Balaban J connectivity index is 2.25. The molecule has 0 amide bonds. The minimum Gasteiger partial charge on any atom is -0.377 e. The molecule has 1 atom stereocenters. The molecule has 0 spiro atoms. The molecule has 4 nitrogen and oxygen atoms in total. The number of non-ortho nitro benzene ring substituents is 1. The number of aryl methyl sites for hydroxylation is 1. The summed E-state index contributed by atoms with van der Waals surface area (Å²) in [7, 11) is 0. The van der Waals surface area contributed by atoms with E-state index < -0.39 is 4.92 Å². The number of nitro groups is 1. The quantitative estimate of drug-likeness (QED) is 0.654. The Labute approximate surface area is 122 Å². The molecule has 20 heavy (non-hydrogen) atoms. The van der Waals surface area contributed by atoms with Gasteiger partial charge < -0.3 is 5.32 Å². The fourth-order valence-electron chi connectivity index (χ4n) is 1.99. The number of nitro benzene ring substituents is 1. The molecule has 0 aliphatic heterocycles. The Morgan fingerprint density at radius 3 is 2.65 bits per heavy atom. The molecule has 0 saturated heterocycles. The van der Waals surface area contributed by atoms with Crippen LogP contribution in [0.5, 0.6) is 0 Å². The number of hydrogen-bond acceptors (Lipinski definition) is 3. The Morgan fingerprint density at radius 1 is 1.25 bits per heavy atom. The van der Waals surface area contributed by atoms with Gasteiger partial charge in [-0.25, -0.2) is 0 Å². The maximum atomic E-state index is 10.8. The van der Waals surface area contributed by atoms with Crippen LogP contribution < -0.4 is 5.32 Å². The molecule has 0 bridgehead atoms. The van der Waals surface area contributed by atoms with Crippen LogP contribution in [0.1, 0.15) is 24.1 Å². The van der Waals surface area contributed by atoms with E-state index in [4.69, 9.17) is 11.6 Å². The molecule has 0 heterocycles. The number of rotatable bonds is 4. The fraction of sp³-hybridized carbons (Fsp3) is 0.200. The van der Waals surface area contributed by atoms with Crippen LogP contribution in [0.4, 0.5) is 11.4 Å². The topological polar surface area (TPSA) is 55.2 Å². The zero-order valence-electron chi connectivity index (χ0n) is 11.3. The first kappa shape index (κ1) is 14.3. The highest BCUT2D eigenvalue weighted by Gasteiger charge is 2.12. The lowest BCUT2D eigenvalue weighted by Gasteiger charge is -2.17. The molecule has 0 fully saturated rings. The number of anilines is 1. The standard InChI is InChI=1S/C15H15ClN2O2/c1-10-4-3-5-12(8-10)11(2)17-15-9-13(18(19)20)6-7-14(15)16/h3-9,11,17H,1-2H3. The summed E-state index contributed by atoms with van der Waals surface area (Å²) in [5.41, 5.74) is 2.86. The van der Waals surface area contributed by atoms with Crippen LogP contribution in [0.15, 0.2) is 42.5 Å². The average Bonchev–Trinajstić information content (AvgIpc) is 2.41. The Bertz CT molecular complexity index is 644. The predicted molar refractivity (Wildman–Crippen MR) is 81.3 cm³/mol. The lowest BCUT2D eigenvalue weighted by molar-refractivity contribution is -0.384. The minimum absolute atomic E-state index is 0.00871. The van der Waals surface area contributed by atoms with E-state index in [2.05, 4.69) is 11.4 Å². The summed E-state index contributed by atoms with van der Waals surface area (Å²) >= 11 is 6.08. The highest BCUT2D eigenvalue weighted by Crippen LogP contribution is 2.30. The van der Waals surface area contributed by atoms with Gasteiger partial charge >= 0.3 is 0 Å². The van der Waals surface area contributed by atoms with Crippen molar-refractivity contribution in [1.82, 2.24) is 0 Å². The molecule has 104 valence electrons. The summed E-state index contributed by atoms with van der Waals surface area (Å²) in [6, 6.07) is 12.5. The van der Waals surface area contributed by atoms with Gasteiger partial charge in [-0.2, -0.15) is 0 Å². The number of hydrogen-bond donors (Lipinski definition) is 1. The number of halogens is 1. The van der Waals surface area contributed by atoms with Crippen molar-refractivity contribution in [3.8, 4) is 0 Å². The van der Waals surface area contributed by atoms with E-state index in [1.165, 1.54) is 23.8 Å². The van der Waals surface area contributed by atoms with Crippen molar-refractivity contribution >= 4 is 23.0 Å². The lowest BCUT2D eigenvalue weighted by atomic mass is 10.1. The summed E-state index contributed by atoms with van der Waals surface area (Å²) in [5, 5.41) is 14.5. The van der Waals surface area contributed by atoms with Crippen LogP contribution >= 0.6 is 11.6 Å². The van der Waals surface area contributed by atoms with Crippen LogP contribution in [0, 0.1) is 17.0 Å². The van der Waals surface area contributed by atoms with Crippen LogP contribution in [0.2, 0.25) is 5.02 Å². The van der Waals surface area contributed by atoms with Crippen molar-refractivity contribution < 1.29 is 4.92 Å². The Morgan fingerprint density at radius 2 is 2.00 bits per heavy atom. The Hall–Kier alpha value is -2.07.